The summed E-state index contributed by atoms with van der Waals surface area (Å²) in [7, 11) is 0. The SMILES string of the molecule is CC(=O)c1ccccc1C(=O)OC1CCC2(C)C3(CCC4(C)C23CC=C2C3CC(C)(C)CCC3(C(=O)NCCN3CCCC3)CC[C@]24C)C1C. The highest BCUT2D eigenvalue weighted by molar-refractivity contribution is 6.05. The lowest BCUT2D eigenvalue weighted by atomic mass is 9.39. The highest BCUT2D eigenvalue weighted by atomic mass is 16.5. The number of likely N-dealkylation sites (tertiary alicyclic amines) is 1. The summed E-state index contributed by atoms with van der Waals surface area (Å²) in [6.07, 6.45) is 15.7. The van der Waals surface area contributed by atoms with Crippen LogP contribution in [0.25, 0.3) is 0 Å². The molecular weight excluding hydrogens is 620 g/mol. The zero-order valence-electron chi connectivity index (χ0n) is 32.0. The number of esters is 1. The van der Waals surface area contributed by atoms with E-state index in [0.717, 1.165) is 64.5 Å². The molecular formula is C44H62N2O4. The van der Waals surface area contributed by atoms with Crippen molar-refractivity contribution in [3.05, 3.63) is 47.0 Å². The molecule has 6 nitrogen and oxygen atoms in total. The second kappa shape index (κ2) is 11.3. The Bertz CT molecular complexity index is 1640. The van der Waals surface area contributed by atoms with Gasteiger partial charge in [0.1, 0.15) is 6.10 Å². The Morgan fingerprint density at radius 1 is 0.880 bits per heavy atom. The molecule has 0 bridgehead atoms. The number of Topliss-reactive ketones (excluding diaryl/α,β-unsaturated/α-hetero) is 1. The summed E-state index contributed by atoms with van der Waals surface area (Å²) >= 11 is 0. The van der Waals surface area contributed by atoms with Gasteiger partial charge in [-0.05, 0) is 147 Å². The van der Waals surface area contributed by atoms with E-state index >= 15 is 0 Å². The van der Waals surface area contributed by atoms with Crippen molar-refractivity contribution < 1.29 is 19.1 Å². The Morgan fingerprint density at radius 2 is 1.58 bits per heavy atom. The van der Waals surface area contributed by atoms with E-state index in [-0.39, 0.29) is 61.7 Å². The number of allylic oxidation sites excluding steroid dienone is 2. The van der Waals surface area contributed by atoms with Gasteiger partial charge >= 0.3 is 5.97 Å². The summed E-state index contributed by atoms with van der Waals surface area (Å²) < 4.78 is 6.41. The van der Waals surface area contributed by atoms with Crippen LogP contribution in [0.1, 0.15) is 146 Å². The lowest BCUT2D eigenvalue weighted by molar-refractivity contribution is -0.147. The highest BCUT2D eigenvalue weighted by Gasteiger charge is 2.95. The Kier molecular flexibility index (Phi) is 7.80. The Hall–Kier alpha value is -2.47. The first-order valence-corrected chi connectivity index (χ1v) is 20.2. The number of hydrogen-bond donors (Lipinski definition) is 1. The molecule has 1 N–H and O–H groups in total. The van der Waals surface area contributed by atoms with Gasteiger partial charge in [-0.15, -0.1) is 0 Å². The van der Waals surface area contributed by atoms with Crippen molar-refractivity contribution in [1.29, 1.82) is 0 Å². The molecule has 1 aromatic rings. The van der Waals surface area contributed by atoms with E-state index in [0.29, 0.717) is 23.0 Å². The van der Waals surface area contributed by atoms with Gasteiger partial charge in [0.2, 0.25) is 5.91 Å². The van der Waals surface area contributed by atoms with Gasteiger partial charge in [-0.3, -0.25) is 9.59 Å². The largest absolute Gasteiger partial charge is 0.458 e. The highest BCUT2D eigenvalue weighted by Crippen LogP contribution is 2.99. The summed E-state index contributed by atoms with van der Waals surface area (Å²) in [5.74, 6) is 0.396. The van der Waals surface area contributed by atoms with Crippen molar-refractivity contribution in [2.75, 3.05) is 26.2 Å². The van der Waals surface area contributed by atoms with Crippen molar-refractivity contribution in [3.8, 4) is 0 Å². The lowest BCUT2D eigenvalue weighted by Gasteiger charge is -2.64. The number of ether oxygens (including phenoxy) is 1. The molecule has 1 saturated heterocycles. The summed E-state index contributed by atoms with van der Waals surface area (Å²) in [5.41, 5.74) is 3.00. The number of amides is 1. The normalized spacial score (nSPS) is 44.1. The van der Waals surface area contributed by atoms with E-state index in [4.69, 9.17) is 4.74 Å². The van der Waals surface area contributed by atoms with Crippen molar-refractivity contribution in [2.45, 2.75) is 132 Å². The summed E-state index contributed by atoms with van der Waals surface area (Å²) in [6.45, 7) is 20.6. The minimum absolute atomic E-state index is 0.0405. The molecule has 7 aliphatic rings. The molecule has 0 radical (unpaired) electrons. The zero-order chi connectivity index (χ0) is 35.5. The van der Waals surface area contributed by atoms with Gasteiger partial charge in [0, 0.05) is 18.7 Å². The van der Waals surface area contributed by atoms with Crippen molar-refractivity contribution >= 4 is 17.7 Å². The average Bonchev–Trinajstić information content (AvgIpc) is 3.43. The Labute approximate surface area is 300 Å². The van der Waals surface area contributed by atoms with E-state index in [1.807, 2.05) is 12.1 Å². The number of carbonyl (C=O) groups excluding carboxylic acids is 3. The van der Waals surface area contributed by atoms with E-state index < -0.39 is 0 Å². The van der Waals surface area contributed by atoms with Crippen molar-refractivity contribution in [2.24, 2.45) is 49.7 Å². The third-order valence-corrected chi connectivity index (χ3v) is 17.6. The summed E-state index contributed by atoms with van der Waals surface area (Å²) in [4.78, 5) is 43.0. The number of carbonyl (C=O) groups is 3. The van der Waals surface area contributed by atoms with Crippen LogP contribution < -0.4 is 5.32 Å². The van der Waals surface area contributed by atoms with Gasteiger partial charge in [-0.25, -0.2) is 4.79 Å². The molecule has 8 unspecified atom stereocenters. The van der Waals surface area contributed by atoms with E-state index in [2.05, 4.69) is 57.8 Å². The van der Waals surface area contributed by atoms with Crippen LogP contribution in [0.5, 0.6) is 0 Å². The average molecular weight is 683 g/mol. The van der Waals surface area contributed by atoms with E-state index in [1.165, 1.54) is 45.7 Å². The second-order valence-electron chi connectivity index (χ2n) is 19.5. The van der Waals surface area contributed by atoms with Gasteiger partial charge in [-0.1, -0.05) is 71.4 Å². The maximum Gasteiger partial charge on any atom is 0.339 e. The van der Waals surface area contributed by atoms with Crippen molar-refractivity contribution in [3.63, 3.8) is 0 Å². The number of hydrogen-bond acceptors (Lipinski definition) is 5. The third-order valence-electron chi connectivity index (χ3n) is 17.6. The standard InChI is InChI=1S/C44H62N2O4/c1-29-35(50-36(48)32-13-9-8-12-31(32)30(2)47)15-16-41(7)43(29)23-20-40(6)39(5)19-22-42(37(49)45-24-27-46-25-10-11-26-46)21-18-38(3,4)28-34(42)33(39)14-17-44(40,41)43/h8-9,12-14,29,34-35H,10-11,15-28H2,1-7H3,(H,45,49)/t29?,34?,35?,39-,40?,41?,42?,43?,44?/m1/s1. The molecule has 0 aromatic heterocycles. The molecule has 1 heterocycles. The first-order valence-electron chi connectivity index (χ1n) is 20.2. The van der Waals surface area contributed by atoms with Crippen LogP contribution in [0.3, 0.4) is 0 Å². The van der Waals surface area contributed by atoms with E-state index in [1.54, 1.807) is 17.7 Å². The van der Waals surface area contributed by atoms with Crippen LogP contribution in [0.15, 0.2) is 35.9 Å². The molecule has 50 heavy (non-hydrogen) atoms. The van der Waals surface area contributed by atoms with Crippen LogP contribution in [-0.4, -0.2) is 54.8 Å². The molecule has 1 aromatic carbocycles. The van der Waals surface area contributed by atoms with Crippen LogP contribution in [0, 0.1) is 49.7 Å². The number of nitrogens with one attached hydrogen (secondary N) is 1. The second-order valence-corrected chi connectivity index (χ2v) is 19.5. The smallest absolute Gasteiger partial charge is 0.339 e. The minimum Gasteiger partial charge on any atom is -0.458 e. The van der Waals surface area contributed by atoms with Gasteiger partial charge in [-0.2, -0.15) is 0 Å². The van der Waals surface area contributed by atoms with Crippen molar-refractivity contribution in [1.82, 2.24) is 10.2 Å². The molecule has 5 saturated carbocycles. The van der Waals surface area contributed by atoms with Crippen LogP contribution in [-0.2, 0) is 9.53 Å². The fourth-order valence-electron chi connectivity index (χ4n) is 14.9. The predicted octanol–water partition coefficient (Wildman–Crippen LogP) is 8.79. The molecule has 1 amide bonds. The van der Waals surface area contributed by atoms with Gasteiger partial charge in [0.15, 0.2) is 5.78 Å². The number of fused-ring (bicyclic) bond motifs is 4. The predicted molar refractivity (Wildman–Crippen MR) is 197 cm³/mol. The maximum absolute atomic E-state index is 14.5. The molecule has 9 atom stereocenters. The quantitative estimate of drug-likeness (QED) is 0.177. The molecule has 6 aliphatic carbocycles. The fraction of sp³-hybridized carbons (Fsp3) is 0.750. The van der Waals surface area contributed by atoms with E-state index in [9.17, 15) is 14.4 Å². The Balaban J connectivity index is 1.10. The monoisotopic (exact) mass is 682 g/mol. The summed E-state index contributed by atoms with van der Waals surface area (Å²) in [5, 5.41) is 3.50. The summed E-state index contributed by atoms with van der Waals surface area (Å²) in [6, 6.07) is 7.09. The van der Waals surface area contributed by atoms with Gasteiger partial charge in [0.05, 0.1) is 11.0 Å². The minimum atomic E-state index is -0.358. The number of rotatable bonds is 7. The molecule has 8 rings (SSSR count). The maximum atomic E-state index is 14.5. The first kappa shape index (κ1) is 34.6. The Morgan fingerprint density at radius 3 is 2.30 bits per heavy atom. The number of nitrogens with zero attached hydrogens (tertiary/aromatic N) is 1. The van der Waals surface area contributed by atoms with Crippen LogP contribution in [0.2, 0.25) is 0 Å². The topological polar surface area (TPSA) is 75.7 Å². The molecule has 6 heteroatoms. The number of benzene rings is 1. The van der Waals surface area contributed by atoms with Gasteiger partial charge in [0.25, 0.3) is 0 Å². The first-order chi connectivity index (χ1) is 23.6. The molecule has 6 fully saturated rings. The molecule has 2 spiro atoms. The fourth-order valence-corrected chi connectivity index (χ4v) is 14.9. The van der Waals surface area contributed by atoms with Gasteiger partial charge < -0.3 is 15.0 Å². The molecule has 272 valence electrons. The third kappa shape index (κ3) is 4.20. The van der Waals surface area contributed by atoms with Crippen LogP contribution >= 0.6 is 0 Å². The molecule has 1 aliphatic heterocycles. The lowest BCUT2D eigenvalue weighted by Crippen LogP contribution is -2.60. The van der Waals surface area contributed by atoms with Crippen LogP contribution in [0.4, 0.5) is 0 Å². The zero-order valence-corrected chi connectivity index (χ0v) is 32.0. The number of ketones is 1.